The first-order valence-corrected chi connectivity index (χ1v) is 9.36. The van der Waals surface area contributed by atoms with E-state index in [9.17, 15) is 4.79 Å². The molecule has 0 saturated heterocycles. The van der Waals surface area contributed by atoms with Crippen LogP contribution in [-0.4, -0.2) is 16.5 Å². The number of thiazole rings is 1. The van der Waals surface area contributed by atoms with Crippen LogP contribution >= 0.6 is 11.3 Å². The molecule has 1 aliphatic heterocycles. The van der Waals surface area contributed by atoms with Crippen molar-refractivity contribution in [3.63, 3.8) is 0 Å². The molecule has 0 radical (unpaired) electrons. The van der Waals surface area contributed by atoms with Crippen molar-refractivity contribution in [1.82, 2.24) is 4.98 Å². The molecule has 1 aromatic heterocycles. The molecule has 4 rings (SSSR count). The SMILES string of the molecule is CC(=O)c1sc(N2N=C3CCCC[C@@H]3[C@@H]2c2ccccc2)nc1C. The van der Waals surface area contributed by atoms with E-state index in [-0.39, 0.29) is 11.8 Å². The molecule has 2 atom stereocenters. The van der Waals surface area contributed by atoms with Crippen molar-refractivity contribution in [2.75, 3.05) is 5.01 Å². The first-order valence-electron chi connectivity index (χ1n) is 8.55. The summed E-state index contributed by atoms with van der Waals surface area (Å²) in [5.41, 5.74) is 3.39. The number of hydrogen-bond acceptors (Lipinski definition) is 5. The number of ketones is 1. The van der Waals surface area contributed by atoms with Gasteiger partial charge >= 0.3 is 0 Å². The van der Waals surface area contributed by atoms with E-state index in [0.717, 1.165) is 22.1 Å². The maximum Gasteiger partial charge on any atom is 0.207 e. The normalized spacial score (nSPS) is 23.1. The van der Waals surface area contributed by atoms with E-state index >= 15 is 0 Å². The number of aryl methyl sites for hydroxylation is 1. The predicted octanol–water partition coefficient (Wildman–Crippen LogP) is 4.76. The zero-order valence-electron chi connectivity index (χ0n) is 14.0. The third-order valence-corrected chi connectivity index (χ3v) is 6.20. The molecule has 2 aromatic rings. The number of carbonyl (C=O) groups excluding carboxylic acids is 1. The highest BCUT2D eigenvalue weighted by molar-refractivity contribution is 7.17. The molecule has 5 heteroatoms. The number of Topliss-reactive ketones (excluding diaryl/α,β-unsaturated/α-hetero) is 1. The van der Waals surface area contributed by atoms with Crippen LogP contribution in [0.15, 0.2) is 35.4 Å². The van der Waals surface area contributed by atoms with Gasteiger partial charge in [0.05, 0.1) is 16.6 Å². The van der Waals surface area contributed by atoms with Gasteiger partial charge in [0.25, 0.3) is 0 Å². The molecule has 0 amide bonds. The van der Waals surface area contributed by atoms with Gasteiger partial charge in [-0.05, 0) is 31.7 Å². The molecular weight excluding hydrogens is 318 g/mol. The minimum absolute atomic E-state index is 0.0803. The standard InChI is InChI=1S/C19H21N3OS/c1-12-18(13(2)23)24-19(20-12)22-17(14-8-4-3-5-9-14)15-10-6-7-11-16(15)21-22/h3-5,8-9,15,17H,6-7,10-11H2,1-2H3/t15-,17-/m0/s1. The maximum atomic E-state index is 11.8. The minimum Gasteiger partial charge on any atom is -0.294 e. The lowest BCUT2D eigenvalue weighted by Gasteiger charge is -2.28. The molecule has 1 aromatic carbocycles. The molecule has 2 aliphatic rings. The van der Waals surface area contributed by atoms with Gasteiger partial charge in [-0.1, -0.05) is 48.1 Å². The second-order valence-corrected chi connectivity index (χ2v) is 7.59. The Bertz CT molecular complexity index is 796. The molecule has 1 saturated carbocycles. The zero-order chi connectivity index (χ0) is 16.7. The molecule has 1 fully saturated rings. The highest BCUT2D eigenvalue weighted by Gasteiger charge is 2.41. The van der Waals surface area contributed by atoms with E-state index in [0.29, 0.717) is 5.92 Å². The van der Waals surface area contributed by atoms with Crippen LogP contribution in [0.3, 0.4) is 0 Å². The Hall–Kier alpha value is -2.01. The van der Waals surface area contributed by atoms with Crippen LogP contribution in [0.25, 0.3) is 0 Å². The number of benzene rings is 1. The molecule has 0 unspecified atom stereocenters. The van der Waals surface area contributed by atoms with Crippen LogP contribution in [0.5, 0.6) is 0 Å². The monoisotopic (exact) mass is 339 g/mol. The molecule has 4 nitrogen and oxygen atoms in total. The lowest BCUT2D eigenvalue weighted by molar-refractivity contribution is 0.102. The van der Waals surface area contributed by atoms with Gasteiger partial charge in [-0.15, -0.1) is 0 Å². The largest absolute Gasteiger partial charge is 0.294 e. The van der Waals surface area contributed by atoms with Gasteiger partial charge in [0.15, 0.2) is 5.78 Å². The highest BCUT2D eigenvalue weighted by atomic mass is 32.1. The van der Waals surface area contributed by atoms with Gasteiger partial charge in [-0.2, -0.15) is 5.10 Å². The predicted molar refractivity (Wildman–Crippen MR) is 97.9 cm³/mol. The summed E-state index contributed by atoms with van der Waals surface area (Å²) in [5, 5.41) is 7.85. The van der Waals surface area contributed by atoms with Crippen molar-refractivity contribution in [2.24, 2.45) is 11.0 Å². The van der Waals surface area contributed by atoms with Crippen LogP contribution < -0.4 is 5.01 Å². The Kier molecular flexibility index (Phi) is 3.96. The molecule has 0 N–H and O–H groups in total. The van der Waals surface area contributed by atoms with Crippen LogP contribution in [0, 0.1) is 12.8 Å². The van der Waals surface area contributed by atoms with Crippen LogP contribution in [0.2, 0.25) is 0 Å². The first-order chi connectivity index (χ1) is 11.6. The summed E-state index contributed by atoms with van der Waals surface area (Å²) in [6, 6.07) is 10.8. The number of aromatic nitrogens is 1. The second kappa shape index (κ2) is 6.13. The average Bonchev–Trinajstić information content (AvgIpc) is 3.16. The third-order valence-electron chi connectivity index (χ3n) is 4.95. The lowest BCUT2D eigenvalue weighted by atomic mass is 9.80. The average molecular weight is 339 g/mol. The number of carbonyl (C=O) groups is 1. The number of rotatable bonds is 3. The smallest absolute Gasteiger partial charge is 0.207 e. The number of hydrazone groups is 1. The molecule has 124 valence electrons. The van der Waals surface area contributed by atoms with E-state index in [1.807, 2.05) is 13.0 Å². The van der Waals surface area contributed by atoms with Crippen molar-refractivity contribution in [3.8, 4) is 0 Å². The van der Waals surface area contributed by atoms with Crippen LogP contribution in [-0.2, 0) is 0 Å². The summed E-state index contributed by atoms with van der Waals surface area (Å²) >= 11 is 1.47. The van der Waals surface area contributed by atoms with Crippen LogP contribution in [0.4, 0.5) is 5.13 Å². The number of hydrogen-bond donors (Lipinski definition) is 0. The van der Waals surface area contributed by atoms with Gasteiger partial charge in [-0.25, -0.2) is 9.99 Å². The Morgan fingerprint density at radius 3 is 2.75 bits per heavy atom. The number of nitrogens with zero attached hydrogens (tertiary/aromatic N) is 3. The summed E-state index contributed by atoms with van der Waals surface area (Å²) in [6.45, 7) is 3.51. The van der Waals surface area contributed by atoms with Gasteiger partial charge in [0.1, 0.15) is 0 Å². The Labute approximate surface area is 146 Å². The summed E-state index contributed by atoms with van der Waals surface area (Å²) in [6.07, 6.45) is 4.74. The van der Waals surface area contributed by atoms with E-state index in [1.165, 1.54) is 41.9 Å². The minimum atomic E-state index is 0.0803. The Balaban J connectivity index is 1.78. The first kappa shape index (κ1) is 15.5. The van der Waals surface area contributed by atoms with Crippen molar-refractivity contribution in [2.45, 2.75) is 45.6 Å². The Morgan fingerprint density at radius 1 is 1.25 bits per heavy atom. The molecule has 1 aliphatic carbocycles. The highest BCUT2D eigenvalue weighted by Crippen LogP contribution is 2.45. The third kappa shape index (κ3) is 2.57. The lowest BCUT2D eigenvalue weighted by Crippen LogP contribution is -2.27. The molecule has 0 bridgehead atoms. The van der Waals surface area contributed by atoms with Crippen molar-refractivity contribution < 1.29 is 4.79 Å². The van der Waals surface area contributed by atoms with E-state index in [4.69, 9.17) is 5.10 Å². The number of anilines is 1. The number of fused-ring (bicyclic) bond motifs is 1. The molecule has 0 spiro atoms. The molecular formula is C19H21N3OS. The molecule has 24 heavy (non-hydrogen) atoms. The van der Waals surface area contributed by atoms with Gasteiger partial charge in [0.2, 0.25) is 5.13 Å². The van der Waals surface area contributed by atoms with Crippen molar-refractivity contribution in [3.05, 3.63) is 46.5 Å². The van der Waals surface area contributed by atoms with Gasteiger partial charge in [0, 0.05) is 18.6 Å². The second-order valence-electron chi connectivity index (χ2n) is 6.61. The van der Waals surface area contributed by atoms with Crippen molar-refractivity contribution >= 4 is 28.0 Å². The summed E-state index contributed by atoms with van der Waals surface area (Å²) in [5.74, 6) is 0.544. The van der Waals surface area contributed by atoms with Crippen LogP contribution in [0.1, 0.15) is 59.6 Å². The van der Waals surface area contributed by atoms with Gasteiger partial charge in [-0.3, -0.25) is 4.79 Å². The van der Waals surface area contributed by atoms with E-state index < -0.39 is 0 Å². The fourth-order valence-corrected chi connectivity index (χ4v) is 4.80. The van der Waals surface area contributed by atoms with E-state index in [1.54, 1.807) is 6.92 Å². The molecule has 2 heterocycles. The summed E-state index contributed by atoms with van der Waals surface area (Å²) in [7, 11) is 0. The maximum absolute atomic E-state index is 11.8. The Morgan fingerprint density at radius 2 is 2.04 bits per heavy atom. The van der Waals surface area contributed by atoms with E-state index in [2.05, 4.69) is 34.3 Å². The fourth-order valence-electron chi connectivity index (χ4n) is 3.85. The fraction of sp³-hybridized carbons (Fsp3) is 0.421. The van der Waals surface area contributed by atoms with Crippen molar-refractivity contribution in [1.29, 1.82) is 0 Å². The topological polar surface area (TPSA) is 45.6 Å². The zero-order valence-corrected chi connectivity index (χ0v) is 14.8. The summed E-state index contributed by atoms with van der Waals surface area (Å²) in [4.78, 5) is 17.2. The quantitative estimate of drug-likeness (QED) is 0.757. The van der Waals surface area contributed by atoms with Gasteiger partial charge < -0.3 is 0 Å². The summed E-state index contributed by atoms with van der Waals surface area (Å²) < 4.78 is 0.